The molecular formula is C17H28ClN3O. The summed E-state index contributed by atoms with van der Waals surface area (Å²) in [5.74, 6) is 0.516. The molecule has 1 saturated heterocycles. The number of carbonyl (C=O) groups excluding carboxylic acids is 1. The van der Waals surface area contributed by atoms with E-state index in [2.05, 4.69) is 36.2 Å². The number of hydrogen-bond donors (Lipinski definition) is 2. The van der Waals surface area contributed by atoms with E-state index < -0.39 is 0 Å². The van der Waals surface area contributed by atoms with Crippen LogP contribution in [0, 0.1) is 26.7 Å². The van der Waals surface area contributed by atoms with Crippen LogP contribution in [0.25, 0.3) is 0 Å². The minimum Gasteiger partial charge on any atom is -0.327 e. The quantitative estimate of drug-likeness (QED) is 0.898. The van der Waals surface area contributed by atoms with Gasteiger partial charge in [-0.3, -0.25) is 9.69 Å². The second-order valence-electron chi connectivity index (χ2n) is 6.49. The number of likely N-dealkylation sites (tertiary alicyclic amines) is 1. The first-order chi connectivity index (χ1) is 9.86. The van der Waals surface area contributed by atoms with Crippen molar-refractivity contribution >= 4 is 24.0 Å². The van der Waals surface area contributed by atoms with E-state index >= 15 is 0 Å². The van der Waals surface area contributed by atoms with Gasteiger partial charge < -0.3 is 11.1 Å². The highest BCUT2D eigenvalue weighted by molar-refractivity contribution is 5.93. The Labute approximate surface area is 139 Å². The number of nitrogens with zero attached hydrogens (tertiary/aromatic N) is 1. The van der Waals surface area contributed by atoms with E-state index in [1.165, 1.54) is 5.56 Å². The van der Waals surface area contributed by atoms with Crippen molar-refractivity contribution in [1.82, 2.24) is 4.90 Å². The zero-order valence-electron chi connectivity index (χ0n) is 14.0. The third-order valence-electron chi connectivity index (χ3n) is 4.36. The second-order valence-corrected chi connectivity index (χ2v) is 6.49. The monoisotopic (exact) mass is 325 g/mol. The number of halogens is 1. The minimum absolute atomic E-state index is 0. The fourth-order valence-corrected chi connectivity index (χ4v) is 3.15. The van der Waals surface area contributed by atoms with Crippen LogP contribution in [-0.4, -0.2) is 36.5 Å². The Morgan fingerprint density at radius 2 is 1.91 bits per heavy atom. The van der Waals surface area contributed by atoms with Crippen molar-refractivity contribution in [3.8, 4) is 0 Å². The van der Waals surface area contributed by atoms with E-state index in [9.17, 15) is 4.79 Å². The van der Waals surface area contributed by atoms with Gasteiger partial charge in [0.2, 0.25) is 5.91 Å². The zero-order valence-corrected chi connectivity index (χ0v) is 14.8. The molecule has 0 aromatic heterocycles. The first-order valence-corrected chi connectivity index (χ1v) is 7.72. The standard InChI is InChI=1S/C17H27N3O.ClH/c1-11-7-12(2)17(13(3)8-11)19-16(21)10-20-6-5-15(18)14(4)9-20;/h7-8,14-15H,5-6,9-10,18H2,1-4H3,(H,19,21);1H. The van der Waals surface area contributed by atoms with Crippen LogP contribution in [0.15, 0.2) is 12.1 Å². The van der Waals surface area contributed by atoms with Crippen molar-refractivity contribution < 1.29 is 4.79 Å². The molecule has 1 aliphatic heterocycles. The lowest BCUT2D eigenvalue weighted by atomic mass is 9.95. The first-order valence-electron chi connectivity index (χ1n) is 7.72. The van der Waals surface area contributed by atoms with E-state index in [-0.39, 0.29) is 24.4 Å². The molecule has 1 aromatic carbocycles. The molecule has 3 N–H and O–H groups in total. The molecule has 0 radical (unpaired) electrons. The third-order valence-corrected chi connectivity index (χ3v) is 4.36. The van der Waals surface area contributed by atoms with Crippen LogP contribution in [0.4, 0.5) is 5.69 Å². The molecule has 2 atom stereocenters. The highest BCUT2D eigenvalue weighted by Gasteiger charge is 2.24. The fraction of sp³-hybridized carbons (Fsp3) is 0.588. The van der Waals surface area contributed by atoms with Gasteiger partial charge in [-0.15, -0.1) is 12.4 Å². The van der Waals surface area contributed by atoms with Crippen molar-refractivity contribution in [2.45, 2.75) is 40.2 Å². The van der Waals surface area contributed by atoms with E-state index in [4.69, 9.17) is 5.73 Å². The summed E-state index contributed by atoms with van der Waals surface area (Å²) in [6, 6.07) is 4.47. The maximum absolute atomic E-state index is 12.3. The second kappa shape index (κ2) is 7.95. The largest absolute Gasteiger partial charge is 0.327 e. The average Bonchev–Trinajstić information content (AvgIpc) is 2.38. The van der Waals surface area contributed by atoms with Gasteiger partial charge in [-0.05, 0) is 44.2 Å². The molecule has 0 bridgehead atoms. The van der Waals surface area contributed by atoms with E-state index in [0.29, 0.717) is 12.5 Å². The molecule has 1 aliphatic rings. The van der Waals surface area contributed by atoms with E-state index in [0.717, 1.165) is 36.3 Å². The number of nitrogens with two attached hydrogens (primary N) is 1. The first kappa shape index (κ1) is 18.9. The lowest BCUT2D eigenvalue weighted by molar-refractivity contribution is -0.117. The molecule has 1 fully saturated rings. The Morgan fingerprint density at radius 3 is 2.45 bits per heavy atom. The Bertz CT molecular complexity index is 510. The summed E-state index contributed by atoms with van der Waals surface area (Å²) in [7, 11) is 0. The molecule has 0 aliphatic carbocycles. The van der Waals surface area contributed by atoms with Crippen molar-refractivity contribution in [3.63, 3.8) is 0 Å². The molecule has 1 heterocycles. The number of anilines is 1. The summed E-state index contributed by atoms with van der Waals surface area (Å²) in [6.07, 6.45) is 0.969. The number of nitrogens with one attached hydrogen (secondary N) is 1. The summed E-state index contributed by atoms with van der Waals surface area (Å²) in [5, 5.41) is 3.07. The maximum Gasteiger partial charge on any atom is 0.238 e. The van der Waals surface area contributed by atoms with Gasteiger partial charge in [-0.1, -0.05) is 24.6 Å². The zero-order chi connectivity index (χ0) is 15.6. The summed E-state index contributed by atoms with van der Waals surface area (Å²) >= 11 is 0. The molecule has 5 heteroatoms. The summed E-state index contributed by atoms with van der Waals surface area (Å²) in [4.78, 5) is 14.5. The van der Waals surface area contributed by atoms with E-state index in [1.807, 2.05) is 13.8 Å². The molecule has 2 rings (SSSR count). The SMILES string of the molecule is Cc1cc(C)c(NC(=O)CN2CCC(N)C(C)C2)c(C)c1.Cl. The molecule has 4 nitrogen and oxygen atoms in total. The topological polar surface area (TPSA) is 58.4 Å². The number of benzene rings is 1. The van der Waals surface area contributed by atoms with Crippen molar-refractivity contribution in [3.05, 3.63) is 28.8 Å². The Morgan fingerprint density at radius 1 is 1.32 bits per heavy atom. The van der Waals surface area contributed by atoms with Crippen LogP contribution in [0.5, 0.6) is 0 Å². The van der Waals surface area contributed by atoms with E-state index in [1.54, 1.807) is 0 Å². The number of hydrogen-bond acceptors (Lipinski definition) is 3. The molecule has 2 unspecified atom stereocenters. The molecule has 1 aromatic rings. The van der Waals surface area contributed by atoms with Crippen LogP contribution in [-0.2, 0) is 4.79 Å². The summed E-state index contributed by atoms with van der Waals surface area (Å²) < 4.78 is 0. The Hall–Kier alpha value is -1.10. The average molecular weight is 326 g/mol. The molecule has 0 spiro atoms. The highest BCUT2D eigenvalue weighted by Crippen LogP contribution is 2.22. The molecule has 0 saturated carbocycles. The maximum atomic E-state index is 12.3. The van der Waals surface area contributed by atoms with Crippen molar-refractivity contribution in [1.29, 1.82) is 0 Å². The lowest BCUT2D eigenvalue weighted by Gasteiger charge is -2.34. The van der Waals surface area contributed by atoms with Gasteiger partial charge in [0.05, 0.1) is 6.54 Å². The predicted molar refractivity (Wildman–Crippen MR) is 94.7 cm³/mol. The highest BCUT2D eigenvalue weighted by atomic mass is 35.5. The number of amides is 1. The van der Waals surface area contributed by atoms with Crippen molar-refractivity contribution in [2.75, 3.05) is 25.0 Å². The normalized spacial score (nSPS) is 22.0. The number of aryl methyl sites for hydroxylation is 3. The summed E-state index contributed by atoms with van der Waals surface area (Å²) in [6.45, 7) is 10.6. The number of rotatable bonds is 3. The molecule has 1 amide bonds. The third kappa shape index (κ3) is 4.70. The van der Waals surface area contributed by atoms with Crippen molar-refractivity contribution in [2.24, 2.45) is 11.7 Å². The smallest absolute Gasteiger partial charge is 0.238 e. The lowest BCUT2D eigenvalue weighted by Crippen LogP contribution is -2.48. The van der Waals surface area contributed by atoms with Gasteiger partial charge >= 0.3 is 0 Å². The van der Waals surface area contributed by atoms with Crippen LogP contribution in [0.1, 0.15) is 30.0 Å². The van der Waals surface area contributed by atoms with Gasteiger partial charge in [-0.2, -0.15) is 0 Å². The number of piperidine rings is 1. The van der Waals surface area contributed by atoms with Gasteiger partial charge in [0.1, 0.15) is 0 Å². The van der Waals surface area contributed by atoms with Crippen LogP contribution in [0.3, 0.4) is 0 Å². The minimum atomic E-state index is 0. The van der Waals surface area contributed by atoms with Crippen LogP contribution in [0.2, 0.25) is 0 Å². The number of carbonyl (C=O) groups is 1. The molecule has 124 valence electrons. The molecule has 22 heavy (non-hydrogen) atoms. The van der Waals surface area contributed by atoms with Gasteiger partial charge in [0, 0.05) is 24.8 Å². The van der Waals surface area contributed by atoms with Crippen LogP contribution < -0.4 is 11.1 Å². The van der Waals surface area contributed by atoms with Gasteiger partial charge in [-0.25, -0.2) is 0 Å². The Kier molecular flexibility index (Phi) is 6.85. The van der Waals surface area contributed by atoms with Crippen LogP contribution >= 0.6 is 12.4 Å². The Balaban J connectivity index is 0.00000242. The fourth-order valence-electron chi connectivity index (χ4n) is 3.15. The molecular weight excluding hydrogens is 298 g/mol. The summed E-state index contributed by atoms with van der Waals surface area (Å²) in [5.41, 5.74) is 10.4. The van der Waals surface area contributed by atoms with Gasteiger partial charge in [0.15, 0.2) is 0 Å². The van der Waals surface area contributed by atoms with Gasteiger partial charge in [0.25, 0.3) is 0 Å². The predicted octanol–water partition coefficient (Wildman–Crippen LogP) is 2.64.